The number of amides is 2. The van der Waals surface area contributed by atoms with Crippen LogP contribution in [0.5, 0.6) is 0 Å². The van der Waals surface area contributed by atoms with Crippen molar-refractivity contribution in [2.45, 2.75) is 52.9 Å². The summed E-state index contributed by atoms with van der Waals surface area (Å²) in [5.41, 5.74) is 2.13. The van der Waals surface area contributed by atoms with Gasteiger partial charge in [-0.15, -0.1) is 0 Å². The summed E-state index contributed by atoms with van der Waals surface area (Å²) in [6, 6.07) is 8.04. The number of nitrogens with zero attached hydrogens (tertiary/aromatic N) is 2. The van der Waals surface area contributed by atoms with Crippen molar-refractivity contribution in [3.05, 3.63) is 29.8 Å². The number of hydrogen-bond acceptors (Lipinski definition) is 2. The largest absolute Gasteiger partial charge is 0.342 e. The summed E-state index contributed by atoms with van der Waals surface area (Å²) >= 11 is 0. The quantitative estimate of drug-likeness (QED) is 0.763. The lowest BCUT2D eigenvalue weighted by Crippen LogP contribution is -2.38. The van der Waals surface area contributed by atoms with E-state index in [-0.39, 0.29) is 17.7 Å². The van der Waals surface area contributed by atoms with Gasteiger partial charge in [0.1, 0.15) is 0 Å². The molecule has 132 valence electrons. The van der Waals surface area contributed by atoms with Gasteiger partial charge in [-0.1, -0.05) is 45.9 Å². The monoisotopic (exact) mass is 330 g/mol. The lowest BCUT2D eigenvalue weighted by molar-refractivity contribution is -0.135. The molecule has 4 nitrogen and oxygen atoms in total. The molecule has 0 radical (unpaired) electrons. The summed E-state index contributed by atoms with van der Waals surface area (Å²) in [6.45, 7) is 10.5. The number of hydrogen-bond donors (Lipinski definition) is 0. The first-order valence-corrected chi connectivity index (χ1v) is 9.17. The van der Waals surface area contributed by atoms with Crippen molar-refractivity contribution >= 4 is 17.5 Å². The highest BCUT2D eigenvalue weighted by Crippen LogP contribution is 2.32. The van der Waals surface area contributed by atoms with Crippen LogP contribution in [0.3, 0.4) is 0 Å². The van der Waals surface area contributed by atoms with Crippen LogP contribution in [0.25, 0.3) is 0 Å². The zero-order chi connectivity index (χ0) is 17.7. The van der Waals surface area contributed by atoms with Crippen LogP contribution in [-0.4, -0.2) is 36.3 Å². The average molecular weight is 330 g/mol. The molecule has 2 rings (SSSR count). The van der Waals surface area contributed by atoms with Gasteiger partial charge in [0.2, 0.25) is 11.8 Å². The van der Waals surface area contributed by atoms with Crippen LogP contribution in [0.2, 0.25) is 0 Å². The minimum absolute atomic E-state index is 0.0643. The Kier molecular flexibility index (Phi) is 6.41. The molecular weight excluding hydrogens is 300 g/mol. The summed E-state index contributed by atoms with van der Waals surface area (Å²) in [6.07, 6.45) is 2.23. The average Bonchev–Trinajstić information content (AvgIpc) is 2.95. The van der Waals surface area contributed by atoms with E-state index in [2.05, 4.69) is 33.8 Å². The predicted octanol–water partition coefficient (Wildman–Crippen LogP) is 3.81. The topological polar surface area (TPSA) is 40.6 Å². The molecule has 1 aromatic carbocycles. The zero-order valence-corrected chi connectivity index (χ0v) is 15.4. The second-order valence-electron chi connectivity index (χ2n) is 6.94. The van der Waals surface area contributed by atoms with Gasteiger partial charge in [0.05, 0.1) is 5.92 Å². The summed E-state index contributed by atoms with van der Waals surface area (Å²) in [5.74, 6) is 0.335. The second kappa shape index (κ2) is 8.32. The molecule has 1 aliphatic rings. The van der Waals surface area contributed by atoms with Crippen LogP contribution < -0.4 is 4.90 Å². The summed E-state index contributed by atoms with van der Waals surface area (Å²) in [4.78, 5) is 29.1. The highest BCUT2D eigenvalue weighted by atomic mass is 16.2. The van der Waals surface area contributed by atoms with Gasteiger partial charge in [0.25, 0.3) is 0 Å². The van der Waals surface area contributed by atoms with E-state index in [1.165, 1.54) is 0 Å². The van der Waals surface area contributed by atoms with Gasteiger partial charge in [0.15, 0.2) is 0 Å². The van der Waals surface area contributed by atoms with Gasteiger partial charge < -0.3 is 9.80 Å². The molecule has 1 aliphatic heterocycles. The first-order chi connectivity index (χ1) is 11.5. The standard InChI is InChI=1S/C20H30N2O2/c1-5-11-21(12-6-2)20(24)16-13-19(23)22(14-16)18-10-8-7-9-17(18)15(3)4/h7-10,15-16H,5-6,11-14H2,1-4H3. The van der Waals surface area contributed by atoms with E-state index in [0.717, 1.165) is 37.2 Å². The van der Waals surface area contributed by atoms with Gasteiger partial charge in [-0.05, 0) is 30.4 Å². The number of carbonyl (C=O) groups is 2. The van der Waals surface area contributed by atoms with E-state index in [0.29, 0.717) is 18.9 Å². The molecule has 24 heavy (non-hydrogen) atoms. The molecule has 0 spiro atoms. The van der Waals surface area contributed by atoms with Crippen molar-refractivity contribution in [1.29, 1.82) is 0 Å². The maximum Gasteiger partial charge on any atom is 0.228 e. The Labute approximate surface area is 145 Å². The molecule has 4 heteroatoms. The molecular formula is C20H30N2O2. The summed E-state index contributed by atoms with van der Waals surface area (Å²) in [5, 5.41) is 0. The van der Waals surface area contributed by atoms with E-state index >= 15 is 0 Å². The molecule has 1 fully saturated rings. The van der Waals surface area contributed by atoms with E-state index < -0.39 is 0 Å². The normalized spacial score (nSPS) is 17.6. The predicted molar refractivity (Wildman–Crippen MR) is 98.2 cm³/mol. The van der Waals surface area contributed by atoms with Crippen LogP contribution in [0.1, 0.15) is 58.4 Å². The number of carbonyl (C=O) groups excluding carboxylic acids is 2. The fourth-order valence-corrected chi connectivity index (χ4v) is 3.46. The molecule has 1 unspecified atom stereocenters. The van der Waals surface area contributed by atoms with Crippen LogP contribution in [0.15, 0.2) is 24.3 Å². The highest BCUT2D eigenvalue weighted by molar-refractivity contribution is 6.00. The van der Waals surface area contributed by atoms with Crippen LogP contribution in [0.4, 0.5) is 5.69 Å². The Morgan fingerprint density at radius 2 is 1.83 bits per heavy atom. The maximum absolute atomic E-state index is 12.8. The molecule has 1 aromatic rings. The molecule has 0 aromatic heterocycles. The molecule has 1 saturated heterocycles. The van der Waals surface area contributed by atoms with Crippen molar-refractivity contribution in [2.24, 2.45) is 5.92 Å². The van der Waals surface area contributed by atoms with Crippen molar-refractivity contribution in [3.8, 4) is 0 Å². The highest BCUT2D eigenvalue weighted by Gasteiger charge is 2.37. The Bertz CT molecular complexity index is 577. The fourth-order valence-electron chi connectivity index (χ4n) is 3.46. The van der Waals surface area contributed by atoms with Gasteiger partial charge in [-0.3, -0.25) is 9.59 Å². The summed E-state index contributed by atoms with van der Waals surface area (Å²) in [7, 11) is 0. The molecule has 1 atom stereocenters. The SMILES string of the molecule is CCCN(CCC)C(=O)C1CC(=O)N(c2ccccc2C(C)C)C1. The molecule has 1 heterocycles. The molecule has 2 amide bonds. The van der Waals surface area contributed by atoms with E-state index in [9.17, 15) is 9.59 Å². The summed E-state index contributed by atoms with van der Waals surface area (Å²) < 4.78 is 0. The van der Waals surface area contributed by atoms with Crippen molar-refractivity contribution in [3.63, 3.8) is 0 Å². The molecule has 0 bridgehead atoms. The third-order valence-electron chi connectivity index (χ3n) is 4.62. The number of benzene rings is 1. The van der Waals surface area contributed by atoms with Gasteiger partial charge in [-0.25, -0.2) is 0 Å². The van der Waals surface area contributed by atoms with Gasteiger partial charge in [-0.2, -0.15) is 0 Å². The van der Waals surface area contributed by atoms with E-state index in [1.54, 1.807) is 0 Å². The first kappa shape index (κ1) is 18.5. The van der Waals surface area contributed by atoms with Crippen molar-refractivity contribution in [1.82, 2.24) is 4.90 Å². The Morgan fingerprint density at radius 1 is 1.21 bits per heavy atom. The molecule has 0 N–H and O–H groups in total. The Morgan fingerprint density at radius 3 is 2.42 bits per heavy atom. The van der Waals surface area contributed by atoms with Crippen LogP contribution in [0, 0.1) is 5.92 Å². The lowest BCUT2D eigenvalue weighted by Gasteiger charge is -2.25. The smallest absolute Gasteiger partial charge is 0.228 e. The van der Waals surface area contributed by atoms with Gasteiger partial charge >= 0.3 is 0 Å². The molecule has 0 saturated carbocycles. The number of anilines is 1. The third kappa shape index (κ3) is 3.97. The van der Waals surface area contributed by atoms with E-state index in [1.807, 2.05) is 28.0 Å². The zero-order valence-electron chi connectivity index (χ0n) is 15.4. The van der Waals surface area contributed by atoms with Crippen LogP contribution >= 0.6 is 0 Å². The maximum atomic E-state index is 12.8. The van der Waals surface area contributed by atoms with Crippen LogP contribution in [-0.2, 0) is 9.59 Å². The Hall–Kier alpha value is -1.84. The number of rotatable bonds is 7. The van der Waals surface area contributed by atoms with Crippen molar-refractivity contribution < 1.29 is 9.59 Å². The van der Waals surface area contributed by atoms with Gasteiger partial charge in [0, 0.05) is 31.7 Å². The van der Waals surface area contributed by atoms with E-state index in [4.69, 9.17) is 0 Å². The second-order valence-corrected chi connectivity index (χ2v) is 6.94. The fraction of sp³-hybridized carbons (Fsp3) is 0.600. The third-order valence-corrected chi connectivity index (χ3v) is 4.62. The lowest BCUT2D eigenvalue weighted by atomic mass is 10.0. The van der Waals surface area contributed by atoms with Crippen molar-refractivity contribution in [2.75, 3.05) is 24.5 Å². The first-order valence-electron chi connectivity index (χ1n) is 9.17. The molecule has 0 aliphatic carbocycles. The minimum Gasteiger partial charge on any atom is -0.342 e. The minimum atomic E-state index is -0.212. The Balaban J connectivity index is 2.18. The number of para-hydroxylation sites is 1.